The molecule has 33 heavy (non-hydrogen) atoms. The van der Waals surface area contributed by atoms with E-state index >= 15 is 0 Å². The van der Waals surface area contributed by atoms with Gasteiger partial charge in [-0.15, -0.1) is 16.4 Å². The normalized spacial score (nSPS) is 12.3. The Morgan fingerprint density at radius 1 is 1.00 bits per heavy atom. The highest BCUT2D eigenvalue weighted by Gasteiger charge is 2.19. The minimum atomic E-state index is -0.0376. The highest BCUT2D eigenvalue weighted by atomic mass is 32.1. The van der Waals surface area contributed by atoms with Crippen LogP contribution in [0.4, 0.5) is 0 Å². The zero-order valence-corrected chi connectivity index (χ0v) is 19.2. The van der Waals surface area contributed by atoms with Crippen LogP contribution in [0.5, 0.6) is 0 Å². The summed E-state index contributed by atoms with van der Waals surface area (Å²) >= 11 is 1.72. The Balaban J connectivity index is 1.43. The lowest BCUT2D eigenvalue weighted by Gasteiger charge is -2.18. The van der Waals surface area contributed by atoms with E-state index in [0.29, 0.717) is 19.6 Å². The Labute approximate surface area is 195 Å². The van der Waals surface area contributed by atoms with E-state index in [9.17, 15) is 4.79 Å². The molecule has 1 atom stereocenters. The van der Waals surface area contributed by atoms with E-state index in [1.54, 1.807) is 11.3 Å². The number of tetrazole rings is 1. The molecule has 3 aromatic heterocycles. The van der Waals surface area contributed by atoms with Crippen molar-refractivity contribution in [3.05, 3.63) is 110 Å². The second-order valence-electron chi connectivity index (χ2n) is 8.26. The molecule has 0 saturated heterocycles. The first kappa shape index (κ1) is 21.2. The van der Waals surface area contributed by atoms with Crippen LogP contribution in [0, 0.1) is 6.92 Å². The predicted octanol–water partition coefficient (Wildman–Crippen LogP) is 2.72. The van der Waals surface area contributed by atoms with Crippen LogP contribution in [0.2, 0.25) is 0 Å². The van der Waals surface area contributed by atoms with Crippen LogP contribution in [-0.2, 0) is 26.2 Å². The minimum absolute atomic E-state index is 0.0376. The van der Waals surface area contributed by atoms with Gasteiger partial charge in [0, 0.05) is 0 Å². The van der Waals surface area contributed by atoms with E-state index in [-0.39, 0.29) is 5.56 Å². The van der Waals surface area contributed by atoms with Crippen LogP contribution in [-0.4, -0.2) is 25.2 Å². The van der Waals surface area contributed by atoms with Gasteiger partial charge in [-0.3, -0.25) is 4.79 Å². The summed E-state index contributed by atoms with van der Waals surface area (Å²) in [4.78, 5) is 18.5. The van der Waals surface area contributed by atoms with Crippen LogP contribution in [0.15, 0.2) is 76.9 Å². The number of hydrogen-bond acceptors (Lipinski definition) is 5. The number of nitrogens with zero attached hydrogens (tertiary/aromatic N) is 4. The molecule has 0 bridgehead atoms. The van der Waals surface area contributed by atoms with Gasteiger partial charge in [0.15, 0.2) is 0 Å². The standard InChI is InChI=1S/C25H24N6OS/c1-18-7-5-10-20-13-21(25(32)26-24(18)20)15-30(16-22-11-6-12-33-22)17-23-27-28-29-31(23)14-19-8-3-2-4-9-19/h2-13H,14-17H2,1H3,(H,26,32)/p+1. The molecule has 166 valence electrons. The maximum Gasteiger partial charge on any atom is 0.257 e. The average molecular weight is 458 g/mol. The molecular formula is C25H25N6OS+. The maximum atomic E-state index is 12.9. The third-order valence-corrected chi connectivity index (χ3v) is 6.68. The lowest BCUT2D eigenvalue weighted by molar-refractivity contribution is -0.941. The highest BCUT2D eigenvalue weighted by Crippen LogP contribution is 2.15. The lowest BCUT2D eigenvalue weighted by atomic mass is 10.1. The Hall–Kier alpha value is -3.62. The third kappa shape index (κ3) is 4.92. The van der Waals surface area contributed by atoms with Gasteiger partial charge in [-0.2, -0.15) is 0 Å². The Morgan fingerprint density at radius 2 is 1.88 bits per heavy atom. The van der Waals surface area contributed by atoms with E-state index in [1.807, 2.05) is 54.1 Å². The molecule has 7 nitrogen and oxygen atoms in total. The predicted molar refractivity (Wildman–Crippen MR) is 129 cm³/mol. The Bertz CT molecular complexity index is 1410. The van der Waals surface area contributed by atoms with E-state index in [2.05, 4.69) is 50.2 Å². The number of fused-ring (bicyclic) bond motifs is 1. The van der Waals surface area contributed by atoms with Crippen molar-refractivity contribution in [3.63, 3.8) is 0 Å². The van der Waals surface area contributed by atoms with Crippen LogP contribution in [0.3, 0.4) is 0 Å². The Morgan fingerprint density at radius 3 is 2.70 bits per heavy atom. The van der Waals surface area contributed by atoms with Crippen molar-refractivity contribution in [2.24, 2.45) is 0 Å². The van der Waals surface area contributed by atoms with Gasteiger partial charge in [-0.1, -0.05) is 54.6 Å². The molecule has 8 heteroatoms. The Kier molecular flexibility index (Phi) is 6.10. The molecule has 0 spiro atoms. The highest BCUT2D eigenvalue weighted by molar-refractivity contribution is 7.09. The second-order valence-corrected chi connectivity index (χ2v) is 9.29. The van der Waals surface area contributed by atoms with Gasteiger partial charge in [0.05, 0.1) is 22.5 Å². The molecule has 0 radical (unpaired) electrons. The molecule has 5 rings (SSSR count). The van der Waals surface area contributed by atoms with E-state index in [4.69, 9.17) is 0 Å². The molecule has 0 saturated carbocycles. The summed E-state index contributed by atoms with van der Waals surface area (Å²) in [5.74, 6) is 0.804. The van der Waals surface area contributed by atoms with E-state index in [1.165, 1.54) is 9.78 Å². The SMILES string of the molecule is Cc1cccc2cc(C[NH+](Cc3cccs3)Cc3nnnn3Cc3ccccc3)c(=O)[nH]c12. The molecule has 0 fully saturated rings. The maximum absolute atomic E-state index is 12.9. The summed E-state index contributed by atoms with van der Waals surface area (Å²) in [6.45, 7) is 4.61. The molecule has 2 aromatic carbocycles. The van der Waals surface area contributed by atoms with Gasteiger partial charge in [-0.25, -0.2) is 4.68 Å². The largest absolute Gasteiger partial charge is 0.321 e. The smallest absolute Gasteiger partial charge is 0.257 e. The van der Waals surface area contributed by atoms with Crippen molar-refractivity contribution in [1.82, 2.24) is 25.2 Å². The van der Waals surface area contributed by atoms with Crippen LogP contribution in [0.25, 0.3) is 10.9 Å². The molecular weight excluding hydrogens is 432 g/mol. The van der Waals surface area contributed by atoms with Crippen molar-refractivity contribution < 1.29 is 4.90 Å². The fourth-order valence-corrected chi connectivity index (χ4v) is 4.91. The summed E-state index contributed by atoms with van der Waals surface area (Å²) < 4.78 is 1.84. The zero-order chi connectivity index (χ0) is 22.6. The van der Waals surface area contributed by atoms with Crippen molar-refractivity contribution in [1.29, 1.82) is 0 Å². The number of rotatable bonds is 8. The second kappa shape index (κ2) is 9.48. The summed E-state index contributed by atoms with van der Waals surface area (Å²) in [6.07, 6.45) is 0. The van der Waals surface area contributed by atoms with Gasteiger partial charge >= 0.3 is 0 Å². The molecule has 5 aromatic rings. The number of H-pyrrole nitrogens is 1. The third-order valence-electron chi connectivity index (χ3n) is 5.80. The molecule has 0 aliphatic rings. The monoisotopic (exact) mass is 457 g/mol. The first-order valence-corrected chi connectivity index (χ1v) is 11.8. The number of pyridine rings is 1. The number of para-hydroxylation sites is 1. The molecule has 1 unspecified atom stereocenters. The molecule has 0 amide bonds. The molecule has 3 heterocycles. The van der Waals surface area contributed by atoms with Gasteiger partial charge in [-0.05, 0) is 51.4 Å². The molecule has 0 aliphatic carbocycles. The number of benzene rings is 2. The van der Waals surface area contributed by atoms with Crippen LogP contribution < -0.4 is 10.5 Å². The van der Waals surface area contributed by atoms with Crippen molar-refractivity contribution >= 4 is 22.2 Å². The number of quaternary nitrogens is 1. The number of aromatic nitrogens is 5. The van der Waals surface area contributed by atoms with E-state index < -0.39 is 0 Å². The van der Waals surface area contributed by atoms with E-state index in [0.717, 1.165) is 40.0 Å². The number of thiophene rings is 1. The number of aryl methyl sites for hydroxylation is 1. The fourth-order valence-electron chi connectivity index (χ4n) is 4.13. The van der Waals surface area contributed by atoms with Crippen molar-refractivity contribution in [2.75, 3.05) is 0 Å². The molecule has 0 aliphatic heterocycles. The number of aromatic amines is 1. The topological polar surface area (TPSA) is 80.9 Å². The van der Waals surface area contributed by atoms with Crippen LogP contribution >= 0.6 is 11.3 Å². The fraction of sp³-hybridized carbons (Fsp3) is 0.200. The lowest BCUT2D eigenvalue weighted by Crippen LogP contribution is -3.08. The molecule has 2 N–H and O–H groups in total. The summed E-state index contributed by atoms with van der Waals surface area (Å²) in [6, 6.07) is 22.4. The first-order valence-electron chi connectivity index (χ1n) is 10.9. The van der Waals surface area contributed by atoms with Crippen molar-refractivity contribution in [2.45, 2.75) is 33.1 Å². The van der Waals surface area contributed by atoms with Gasteiger partial charge < -0.3 is 9.88 Å². The summed E-state index contributed by atoms with van der Waals surface area (Å²) in [7, 11) is 0. The van der Waals surface area contributed by atoms with Gasteiger partial charge in [0.2, 0.25) is 5.82 Å². The summed E-state index contributed by atoms with van der Waals surface area (Å²) in [5.41, 5.74) is 3.84. The minimum Gasteiger partial charge on any atom is -0.321 e. The van der Waals surface area contributed by atoms with Gasteiger partial charge in [0.1, 0.15) is 19.6 Å². The van der Waals surface area contributed by atoms with Gasteiger partial charge in [0.25, 0.3) is 5.56 Å². The zero-order valence-electron chi connectivity index (χ0n) is 18.4. The average Bonchev–Trinajstić information content (AvgIpc) is 3.48. The number of hydrogen-bond donors (Lipinski definition) is 2. The summed E-state index contributed by atoms with van der Waals surface area (Å²) in [5, 5.41) is 15.6. The quantitative estimate of drug-likeness (QED) is 0.375. The van der Waals surface area contributed by atoms with Crippen molar-refractivity contribution in [3.8, 4) is 0 Å². The van der Waals surface area contributed by atoms with Crippen LogP contribution in [0.1, 0.15) is 27.4 Å². The first-order chi connectivity index (χ1) is 16.2. The number of nitrogens with one attached hydrogen (secondary N) is 2.